The van der Waals surface area contributed by atoms with E-state index in [1.807, 2.05) is 61.7 Å². The number of benzene rings is 4. The first-order chi connectivity index (χ1) is 18.0. The van der Waals surface area contributed by atoms with E-state index in [2.05, 4.69) is 35.6 Å². The van der Waals surface area contributed by atoms with Crippen molar-refractivity contribution >= 4 is 34.4 Å². The lowest BCUT2D eigenvalue weighted by atomic mass is 9.93. The van der Waals surface area contributed by atoms with E-state index < -0.39 is 17.9 Å². The maximum absolute atomic E-state index is 13.2. The number of ether oxygens (including phenoxy) is 1. The first kappa shape index (κ1) is 26.5. The minimum absolute atomic E-state index is 0.364. The second-order valence-corrected chi connectivity index (χ2v) is 10.0. The lowest BCUT2D eigenvalue weighted by molar-refractivity contribution is -0.139. The molecule has 2 N–H and O–H groups in total. The topological polar surface area (TPSA) is 75.6 Å². The van der Waals surface area contributed by atoms with Gasteiger partial charge in [-0.3, -0.25) is 4.79 Å². The number of hydrogen-bond donors (Lipinski definition) is 2. The van der Waals surface area contributed by atoms with Gasteiger partial charge in [0.15, 0.2) is 0 Å². The van der Waals surface area contributed by atoms with Gasteiger partial charge in [-0.25, -0.2) is 4.79 Å². The summed E-state index contributed by atoms with van der Waals surface area (Å²) in [6.45, 7) is 2.86. The summed E-state index contributed by atoms with van der Waals surface area (Å²) >= 11 is 1.55. The Bertz CT molecular complexity index is 1400. The molecule has 0 unspecified atom stereocenters. The molecular weight excluding hydrogens is 482 g/mol. The predicted octanol–water partition coefficient (Wildman–Crippen LogP) is 6.47. The van der Waals surface area contributed by atoms with Gasteiger partial charge in [0.05, 0.1) is 13.2 Å². The molecule has 0 aliphatic heterocycles. The number of aliphatic carboxylic acids is 1. The molecule has 0 heterocycles. The molecule has 1 amide bonds. The highest BCUT2D eigenvalue weighted by Gasteiger charge is 2.22. The molecule has 0 aromatic heterocycles. The van der Waals surface area contributed by atoms with Gasteiger partial charge in [-0.15, -0.1) is 0 Å². The molecule has 0 saturated carbocycles. The molecule has 37 heavy (non-hydrogen) atoms. The lowest BCUT2D eigenvalue weighted by Crippen LogP contribution is -2.41. The molecule has 0 bridgehead atoms. The number of fused-ring (bicyclic) bond motifs is 1. The number of carboxylic acid groups (broad SMARTS) is 1. The van der Waals surface area contributed by atoms with Gasteiger partial charge in [-0.2, -0.15) is 11.8 Å². The van der Waals surface area contributed by atoms with E-state index in [9.17, 15) is 14.7 Å². The second kappa shape index (κ2) is 12.6. The summed E-state index contributed by atoms with van der Waals surface area (Å²) in [7, 11) is 0. The third-order valence-corrected chi connectivity index (χ3v) is 6.97. The van der Waals surface area contributed by atoms with E-state index in [-0.39, 0.29) is 0 Å². The zero-order valence-corrected chi connectivity index (χ0v) is 21.9. The van der Waals surface area contributed by atoms with Crippen molar-refractivity contribution in [3.63, 3.8) is 0 Å². The molecule has 4 aromatic rings. The van der Waals surface area contributed by atoms with Gasteiger partial charge < -0.3 is 15.2 Å². The van der Waals surface area contributed by atoms with Crippen LogP contribution in [0.15, 0.2) is 84.9 Å². The monoisotopic (exact) mass is 513 g/mol. The molecular formula is C31H31NO4S. The zero-order valence-electron chi connectivity index (χ0n) is 21.1. The molecule has 6 heteroatoms. The Morgan fingerprint density at radius 2 is 1.54 bits per heavy atom. The van der Waals surface area contributed by atoms with Crippen LogP contribution in [-0.2, 0) is 22.7 Å². The predicted molar refractivity (Wildman–Crippen MR) is 151 cm³/mol. The summed E-state index contributed by atoms with van der Waals surface area (Å²) in [6.07, 6.45) is 2.28. The van der Waals surface area contributed by atoms with Gasteiger partial charge in [0, 0.05) is 5.56 Å². The van der Waals surface area contributed by atoms with Gasteiger partial charge in [0.2, 0.25) is 0 Å². The number of aryl methyl sites for hydroxylation is 1. The summed E-state index contributed by atoms with van der Waals surface area (Å²) in [5.74, 6) is -0.774. The molecule has 0 radical (unpaired) electrons. The fourth-order valence-electron chi connectivity index (χ4n) is 4.32. The van der Waals surface area contributed by atoms with E-state index in [4.69, 9.17) is 4.74 Å². The molecule has 5 nitrogen and oxygen atoms in total. The average molecular weight is 514 g/mol. The SMILES string of the molecule is CSCC[C@H](NC(=O)c1ccc(COCc2ccc3ccccc3c2)cc1-c1ccccc1C)C(=O)O. The normalized spacial score (nSPS) is 11.8. The van der Waals surface area contributed by atoms with Crippen LogP contribution in [0.25, 0.3) is 21.9 Å². The second-order valence-electron chi connectivity index (χ2n) is 9.01. The highest BCUT2D eigenvalue weighted by atomic mass is 32.2. The Kier molecular flexibility index (Phi) is 8.99. The molecule has 0 aliphatic rings. The van der Waals surface area contributed by atoms with Crippen LogP contribution < -0.4 is 5.32 Å². The average Bonchev–Trinajstić information content (AvgIpc) is 2.91. The van der Waals surface area contributed by atoms with E-state index in [0.717, 1.165) is 27.8 Å². The van der Waals surface area contributed by atoms with Crippen molar-refractivity contribution in [2.24, 2.45) is 0 Å². The summed E-state index contributed by atoms with van der Waals surface area (Å²) in [5.41, 5.74) is 5.20. The van der Waals surface area contributed by atoms with Gasteiger partial charge in [0.1, 0.15) is 6.04 Å². The highest BCUT2D eigenvalue weighted by Crippen LogP contribution is 2.29. The van der Waals surface area contributed by atoms with Crippen LogP contribution in [0, 0.1) is 6.92 Å². The zero-order chi connectivity index (χ0) is 26.2. The van der Waals surface area contributed by atoms with E-state index in [1.165, 1.54) is 10.8 Å². The summed E-state index contributed by atoms with van der Waals surface area (Å²) < 4.78 is 6.04. The van der Waals surface area contributed by atoms with Crippen LogP contribution >= 0.6 is 11.8 Å². The van der Waals surface area contributed by atoms with Gasteiger partial charge in [0.25, 0.3) is 5.91 Å². The molecule has 0 spiro atoms. The van der Waals surface area contributed by atoms with Crippen molar-refractivity contribution < 1.29 is 19.4 Å². The maximum atomic E-state index is 13.2. The number of carbonyl (C=O) groups excluding carboxylic acids is 1. The Balaban J connectivity index is 1.55. The van der Waals surface area contributed by atoms with Gasteiger partial charge in [-0.1, -0.05) is 66.7 Å². The summed E-state index contributed by atoms with van der Waals surface area (Å²) in [4.78, 5) is 24.9. The minimum Gasteiger partial charge on any atom is -0.480 e. The quantitative estimate of drug-likeness (QED) is 0.240. The molecule has 190 valence electrons. The van der Waals surface area contributed by atoms with Crippen LogP contribution in [0.2, 0.25) is 0 Å². The van der Waals surface area contributed by atoms with Crippen LogP contribution in [-0.4, -0.2) is 35.0 Å². The Hall–Kier alpha value is -3.61. The number of carbonyl (C=O) groups is 2. The molecule has 0 aliphatic carbocycles. The standard InChI is InChI=1S/C31H31NO4S/c1-21-7-3-6-10-26(21)28-18-23(12-14-27(28)30(33)32-29(31(34)35)15-16-37-2)20-36-19-22-11-13-24-8-4-5-9-25(24)17-22/h3-14,17-18,29H,15-16,19-20H2,1-2H3,(H,32,33)(H,34,35)/t29-/m0/s1. The van der Waals surface area contributed by atoms with Crippen molar-refractivity contribution in [1.82, 2.24) is 5.32 Å². The fourth-order valence-corrected chi connectivity index (χ4v) is 4.79. The van der Waals surface area contributed by atoms with E-state index >= 15 is 0 Å². The first-order valence-electron chi connectivity index (χ1n) is 12.2. The van der Waals surface area contributed by atoms with Gasteiger partial charge >= 0.3 is 5.97 Å². The van der Waals surface area contributed by atoms with Crippen LogP contribution in [0.1, 0.15) is 33.5 Å². The number of hydrogen-bond acceptors (Lipinski definition) is 4. The maximum Gasteiger partial charge on any atom is 0.326 e. The first-order valence-corrected chi connectivity index (χ1v) is 13.6. The molecule has 0 fully saturated rings. The van der Waals surface area contributed by atoms with E-state index in [0.29, 0.717) is 31.0 Å². The van der Waals surface area contributed by atoms with Crippen molar-refractivity contribution in [3.8, 4) is 11.1 Å². The van der Waals surface area contributed by atoms with Crippen molar-refractivity contribution in [1.29, 1.82) is 0 Å². The number of rotatable bonds is 11. The van der Waals surface area contributed by atoms with Crippen molar-refractivity contribution in [2.45, 2.75) is 32.6 Å². The van der Waals surface area contributed by atoms with Crippen molar-refractivity contribution in [3.05, 3.63) is 107 Å². The Labute approximate surface area is 221 Å². The van der Waals surface area contributed by atoms with Crippen LogP contribution in [0.3, 0.4) is 0 Å². The smallest absolute Gasteiger partial charge is 0.326 e. The fraction of sp³-hybridized carbons (Fsp3) is 0.226. The number of amides is 1. The number of thioether (sulfide) groups is 1. The largest absolute Gasteiger partial charge is 0.480 e. The van der Waals surface area contributed by atoms with Crippen LogP contribution in [0.5, 0.6) is 0 Å². The third kappa shape index (κ3) is 6.79. The molecule has 4 rings (SSSR count). The molecule has 1 atom stereocenters. The lowest BCUT2D eigenvalue weighted by Gasteiger charge is -2.18. The highest BCUT2D eigenvalue weighted by molar-refractivity contribution is 7.98. The Morgan fingerprint density at radius 1 is 0.865 bits per heavy atom. The van der Waals surface area contributed by atoms with Crippen molar-refractivity contribution in [2.75, 3.05) is 12.0 Å². The van der Waals surface area contributed by atoms with Crippen LogP contribution in [0.4, 0.5) is 0 Å². The number of carboxylic acids is 1. The minimum atomic E-state index is -1.03. The third-order valence-electron chi connectivity index (χ3n) is 6.33. The Morgan fingerprint density at radius 3 is 2.27 bits per heavy atom. The molecule has 4 aromatic carbocycles. The van der Waals surface area contributed by atoms with E-state index in [1.54, 1.807) is 17.8 Å². The summed E-state index contributed by atoms with van der Waals surface area (Å²) in [6, 6.07) is 27.1. The molecule has 0 saturated heterocycles. The van der Waals surface area contributed by atoms with Gasteiger partial charge in [-0.05, 0) is 82.1 Å². The summed E-state index contributed by atoms with van der Waals surface area (Å²) in [5, 5.41) is 14.7. The number of nitrogens with one attached hydrogen (secondary N) is 1.